The van der Waals surface area contributed by atoms with Crippen molar-refractivity contribution in [1.29, 1.82) is 0 Å². The molecule has 0 radical (unpaired) electrons. The summed E-state index contributed by atoms with van der Waals surface area (Å²) in [6, 6.07) is 16.6. The van der Waals surface area contributed by atoms with E-state index in [0.29, 0.717) is 11.3 Å². The van der Waals surface area contributed by atoms with Crippen LogP contribution in [0.3, 0.4) is 0 Å². The van der Waals surface area contributed by atoms with E-state index in [-0.39, 0.29) is 30.0 Å². The summed E-state index contributed by atoms with van der Waals surface area (Å²) in [5, 5.41) is 16.7. The third kappa shape index (κ3) is 7.37. The molecule has 0 fully saturated rings. The molecule has 0 aromatic heterocycles. The Morgan fingerprint density at radius 2 is 1.76 bits per heavy atom. The average Bonchev–Trinajstić information content (AvgIpc) is 2.86. The van der Waals surface area contributed by atoms with Crippen molar-refractivity contribution >= 4 is 21.6 Å². The average molecular weight is 545 g/mol. The Balaban J connectivity index is 1.51. The zero-order valence-corrected chi connectivity index (χ0v) is 21.7. The molecule has 202 valence electrons. The minimum absolute atomic E-state index is 0.0520. The number of hydrogen-bond acceptors (Lipinski definition) is 6. The van der Waals surface area contributed by atoms with Crippen molar-refractivity contribution in [3.05, 3.63) is 101 Å². The molecule has 10 heteroatoms. The Hall–Kier alpha value is -3.34. The molecule has 0 saturated carbocycles. The third-order valence-electron chi connectivity index (χ3n) is 6.43. The second kappa shape index (κ2) is 12.0. The maximum atomic E-state index is 13.8. The highest BCUT2D eigenvalue weighted by Gasteiger charge is 2.32. The van der Waals surface area contributed by atoms with Crippen molar-refractivity contribution in [2.75, 3.05) is 17.6 Å². The molecule has 1 aliphatic rings. The first-order valence-electron chi connectivity index (χ1n) is 12.3. The van der Waals surface area contributed by atoms with E-state index in [1.807, 2.05) is 25.1 Å². The van der Waals surface area contributed by atoms with Crippen LogP contribution >= 0.6 is 0 Å². The van der Waals surface area contributed by atoms with Crippen LogP contribution in [-0.4, -0.2) is 44.1 Å². The molecule has 0 bridgehead atoms. The number of anilines is 1. The lowest BCUT2D eigenvalue weighted by Crippen LogP contribution is -2.44. The zero-order valence-electron chi connectivity index (χ0n) is 20.9. The maximum Gasteiger partial charge on any atom is 0.411 e. The number of aryl methyl sites for hydroxylation is 1. The van der Waals surface area contributed by atoms with Crippen molar-refractivity contribution < 1.29 is 31.8 Å². The lowest BCUT2D eigenvalue weighted by atomic mass is 9.97. The molecule has 0 spiro atoms. The van der Waals surface area contributed by atoms with Gasteiger partial charge in [-0.25, -0.2) is 22.0 Å². The Labute approximate surface area is 220 Å². The van der Waals surface area contributed by atoms with Crippen LogP contribution in [0.4, 0.5) is 19.3 Å². The van der Waals surface area contributed by atoms with E-state index < -0.39 is 45.8 Å². The van der Waals surface area contributed by atoms with Crippen LogP contribution in [0.15, 0.2) is 66.7 Å². The minimum atomic E-state index is -3.37. The first-order valence-corrected chi connectivity index (χ1v) is 14.1. The number of amides is 1. The van der Waals surface area contributed by atoms with Gasteiger partial charge in [-0.2, -0.15) is 0 Å². The lowest BCUT2D eigenvalue weighted by Gasteiger charge is -2.30. The Bertz CT molecular complexity index is 1360. The van der Waals surface area contributed by atoms with Crippen molar-refractivity contribution in [2.24, 2.45) is 0 Å². The summed E-state index contributed by atoms with van der Waals surface area (Å²) in [5.41, 5.74) is 3.26. The molecule has 3 aromatic carbocycles. The van der Waals surface area contributed by atoms with Gasteiger partial charge >= 0.3 is 6.09 Å². The van der Waals surface area contributed by atoms with E-state index in [2.05, 4.69) is 10.6 Å². The fourth-order valence-corrected chi connectivity index (χ4v) is 6.21. The molecule has 38 heavy (non-hydrogen) atoms. The van der Waals surface area contributed by atoms with Crippen LogP contribution in [0.25, 0.3) is 0 Å². The number of aliphatic hydroxyl groups is 1. The largest absolute Gasteiger partial charge is 0.443 e. The fourth-order valence-electron chi connectivity index (χ4n) is 4.55. The Morgan fingerprint density at radius 1 is 1.05 bits per heavy atom. The molecule has 3 aromatic rings. The van der Waals surface area contributed by atoms with Gasteiger partial charge < -0.3 is 15.2 Å². The lowest BCUT2D eigenvalue weighted by molar-refractivity contribution is 0.00820. The number of ether oxygens (including phenoxy) is 1. The van der Waals surface area contributed by atoms with Gasteiger partial charge in [0.05, 0.1) is 11.5 Å². The highest BCUT2D eigenvalue weighted by molar-refractivity contribution is 7.90. The van der Waals surface area contributed by atoms with Crippen molar-refractivity contribution in [1.82, 2.24) is 5.32 Å². The van der Waals surface area contributed by atoms with Crippen molar-refractivity contribution in [2.45, 2.75) is 43.8 Å². The molecule has 1 heterocycles. The molecular weight excluding hydrogens is 514 g/mol. The highest BCUT2D eigenvalue weighted by atomic mass is 32.2. The number of rotatable bonds is 9. The molecule has 1 amide bonds. The van der Waals surface area contributed by atoms with Crippen LogP contribution in [0.5, 0.6) is 0 Å². The smallest absolute Gasteiger partial charge is 0.411 e. The van der Waals surface area contributed by atoms with Crippen LogP contribution < -0.4 is 10.6 Å². The predicted molar refractivity (Wildman–Crippen MR) is 140 cm³/mol. The van der Waals surface area contributed by atoms with E-state index in [1.165, 1.54) is 0 Å². The number of fused-ring (bicyclic) bond motifs is 1. The molecular formula is C28H30F2N2O5S. The van der Waals surface area contributed by atoms with Gasteiger partial charge in [0.2, 0.25) is 0 Å². The number of aliphatic hydroxyl groups excluding tert-OH is 1. The second-order valence-corrected chi connectivity index (χ2v) is 11.5. The number of sulfone groups is 1. The maximum absolute atomic E-state index is 13.8. The molecule has 4 rings (SSSR count). The van der Waals surface area contributed by atoms with Gasteiger partial charge in [-0.05, 0) is 52.9 Å². The standard InChI is InChI=1S/C28H30F2N2O5S/c1-2-18-8-9-20-16-38(35,36)17-25(24(20)12-18)31-15-26(33)27(13-19-10-21(29)14-22(30)11-19)37-28(34)32-23-6-4-3-5-7-23/h3-12,14,25-27,31,33H,2,13,15-17H2,1H3,(H,32,34)/t25-,26+,27-/m0/s1. The first kappa shape index (κ1) is 27.7. The number of hydrogen-bond donors (Lipinski definition) is 3. The zero-order chi connectivity index (χ0) is 27.3. The van der Waals surface area contributed by atoms with E-state index in [1.54, 1.807) is 30.3 Å². The summed E-state index contributed by atoms with van der Waals surface area (Å²) in [5.74, 6) is -1.79. The Morgan fingerprint density at radius 3 is 2.45 bits per heavy atom. The Kier molecular flexibility index (Phi) is 8.76. The monoisotopic (exact) mass is 544 g/mol. The summed E-state index contributed by atoms with van der Waals surface area (Å²) in [7, 11) is -3.37. The second-order valence-electron chi connectivity index (χ2n) is 9.39. The molecule has 1 aliphatic heterocycles. The van der Waals surface area contributed by atoms with E-state index in [4.69, 9.17) is 4.74 Å². The molecule has 3 N–H and O–H groups in total. The quantitative estimate of drug-likeness (QED) is 0.371. The van der Waals surface area contributed by atoms with Gasteiger partial charge in [0.1, 0.15) is 23.8 Å². The van der Waals surface area contributed by atoms with E-state index in [0.717, 1.165) is 35.7 Å². The topological polar surface area (TPSA) is 105 Å². The fraction of sp³-hybridized carbons (Fsp3) is 0.321. The van der Waals surface area contributed by atoms with Crippen LogP contribution in [0, 0.1) is 11.6 Å². The van der Waals surface area contributed by atoms with E-state index in [9.17, 15) is 27.1 Å². The van der Waals surface area contributed by atoms with Gasteiger partial charge in [0.15, 0.2) is 9.84 Å². The molecule has 0 saturated heterocycles. The highest BCUT2D eigenvalue weighted by Crippen LogP contribution is 2.29. The first-order chi connectivity index (χ1) is 18.1. The minimum Gasteiger partial charge on any atom is -0.443 e. The molecule has 0 unspecified atom stereocenters. The summed E-state index contributed by atoms with van der Waals surface area (Å²) in [6.45, 7) is 1.88. The van der Waals surface area contributed by atoms with Crippen molar-refractivity contribution in [3.8, 4) is 0 Å². The van der Waals surface area contributed by atoms with E-state index >= 15 is 0 Å². The third-order valence-corrected chi connectivity index (χ3v) is 8.02. The van der Waals surface area contributed by atoms with Gasteiger partial charge in [-0.3, -0.25) is 5.32 Å². The summed E-state index contributed by atoms with van der Waals surface area (Å²) < 4.78 is 58.2. The summed E-state index contributed by atoms with van der Waals surface area (Å²) in [6.07, 6.45) is -2.74. The number of benzene rings is 3. The van der Waals surface area contributed by atoms with Gasteiger partial charge in [0, 0.05) is 30.8 Å². The van der Waals surface area contributed by atoms with Crippen LogP contribution in [-0.2, 0) is 33.2 Å². The number of halogens is 2. The number of para-hydroxylation sites is 1. The molecule has 7 nitrogen and oxygen atoms in total. The summed E-state index contributed by atoms with van der Waals surface area (Å²) >= 11 is 0. The van der Waals surface area contributed by atoms with Crippen molar-refractivity contribution in [3.63, 3.8) is 0 Å². The molecule has 0 aliphatic carbocycles. The number of nitrogens with one attached hydrogen (secondary N) is 2. The SMILES string of the molecule is CCc1ccc2c(c1)[C@@H](NC[C@@H](O)[C@H](Cc1cc(F)cc(F)c1)OC(=O)Nc1ccccc1)CS(=O)(=O)C2. The van der Waals surface area contributed by atoms with Gasteiger partial charge in [0.25, 0.3) is 0 Å². The van der Waals surface area contributed by atoms with Gasteiger partial charge in [-0.1, -0.05) is 43.3 Å². The summed E-state index contributed by atoms with van der Waals surface area (Å²) in [4.78, 5) is 12.6. The van der Waals surface area contributed by atoms with Crippen LogP contribution in [0.1, 0.15) is 35.2 Å². The van der Waals surface area contributed by atoms with Crippen LogP contribution in [0.2, 0.25) is 0 Å². The predicted octanol–water partition coefficient (Wildman–Crippen LogP) is 4.31. The number of carbonyl (C=O) groups excluding carboxylic acids is 1. The number of carbonyl (C=O) groups is 1. The normalized spacial score (nSPS) is 17.7. The molecule has 3 atom stereocenters. The van der Waals surface area contributed by atoms with Gasteiger partial charge in [-0.15, -0.1) is 0 Å².